The van der Waals surface area contributed by atoms with Gasteiger partial charge in [-0.1, -0.05) is 26.0 Å². The van der Waals surface area contributed by atoms with Crippen molar-refractivity contribution in [1.29, 1.82) is 0 Å². The second kappa shape index (κ2) is 5.30. The molecule has 0 saturated carbocycles. The summed E-state index contributed by atoms with van der Waals surface area (Å²) >= 11 is 0. The lowest BCUT2D eigenvalue weighted by atomic mass is 10.1. The van der Waals surface area contributed by atoms with Crippen molar-refractivity contribution in [2.24, 2.45) is 11.7 Å². The van der Waals surface area contributed by atoms with Gasteiger partial charge in [0, 0.05) is 6.42 Å². The SMILES string of the molecule is CC(C)CC(=O)Oc1ccccc1C(N)=O. The largest absolute Gasteiger partial charge is 0.426 e. The lowest BCUT2D eigenvalue weighted by Gasteiger charge is -2.08. The van der Waals surface area contributed by atoms with Gasteiger partial charge in [-0.15, -0.1) is 0 Å². The topological polar surface area (TPSA) is 69.4 Å². The zero-order valence-corrected chi connectivity index (χ0v) is 9.40. The number of primary amides is 1. The third-order valence-corrected chi connectivity index (χ3v) is 1.95. The van der Waals surface area contributed by atoms with Crippen LogP contribution in [-0.4, -0.2) is 11.9 Å². The summed E-state index contributed by atoms with van der Waals surface area (Å²) in [6, 6.07) is 6.43. The highest BCUT2D eigenvalue weighted by Crippen LogP contribution is 2.18. The molecule has 1 rings (SSSR count). The van der Waals surface area contributed by atoms with Gasteiger partial charge in [0.05, 0.1) is 5.56 Å². The van der Waals surface area contributed by atoms with E-state index in [4.69, 9.17) is 10.5 Å². The first-order valence-corrected chi connectivity index (χ1v) is 5.10. The molecule has 0 aliphatic carbocycles. The molecule has 0 bridgehead atoms. The number of rotatable bonds is 4. The fraction of sp³-hybridized carbons (Fsp3) is 0.333. The normalized spacial score (nSPS) is 10.2. The van der Waals surface area contributed by atoms with Gasteiger partial charge in [-0.25, -0.2) is 0 Å². The van der Waals surface area contributed by atoms with Crippen LogP contribution in [0, 0.1) is 5.92 Å². The quantitative estimate of drug-likeness (QED) is 0.622. The maximum Gasteiger partial charge on any atom is 0.311 e. The van der Waals surface area contributed by atoms with Gasteiger partial charge in [-0.2, -0.15) is 0 Å². The Labute approximate surface area is 94.4 Å². The standard InChI is InChI=1S/C12H15NO3/c1-8(2)7-11(14)16-10-6-4-3-5-9(10)12(13)15/h3-6,8H,7H2,1-2H3,(H2,13,15). The number of benzene rings is 1. The lowest BCUT2D eigenvalue weighted by molar-refractivity contribution is -0.135. The molecule has 0 atom stereocenters. The van der Waals surface area contributed by atoms with Crippen molar-refractivity contribution >= 4 is 11.9 Å². The van der Waals surface area contributed by atoms with E-state index in [1.54, 1.807) is 18.2 Å². The van der Waals surface area contributed by atoms with E-state index in [2.05, 4.69) is 0 Å². The molecule has 0 unspecified atom stereocenters. The Bertz CT molecular complexity index is 399. The van der Waals surface area contributed by atoms with E-state index in [0.717, 1.165) is 0 Å². The van der Waals surface area contributed by atoms with Crippen LogP contribution in [-0.2, 0) is 4.79 Å². The molecular formula is C12H15NO3. The fourth-order valence-corrected chi connectivity index (χ4v) is 1.26. The van der Waals surface area contributed by atoms with Crippen LogP contribution in [0.3, 0.4) is 0 Å². The Kier molecular flexibility index (Phi) is 4.05. The summed E-state index contributed by atoms with van der Waals surface area (Å²) in [6.45, 7) is 3.84. The number of esters is 1. The molecule has 0 aliphatic rings. The molecule has 4 heteroatoms. The monoisotopic (exact) mass is 221 g/mol. The Hall–Kier alpha value is -1.84. The first-order chi connectivity index (χ1) is 7.50. The molecular weight excluding hydrogens is 206 g/mol. The van der Waals surface area contributed by atoms with E-state index in [0.29, 0.717) is 6.42 Å². The summed E-state index contributed by atoms with van der Waals surface area (Å²) in [5, 5.41) is 0. The van der Waals surface area contributed by atoms with Crippen LogP contribution < -0.4 is 10.5 Å². The molecule has 86 valence electrons. The number of ether oxygens (including phenoxy) is 1. The molecule has 16 heavy (non-hydrogen) atoms. The van der Waals surface area contributed by atoms with Crippen molar-refractivity contribution < 1.29 is 14.3 Å². The third-order valence-electron chi connectivity index (χ3n) is 1.95. The number of carbonyl (C=O) groups excluding carboxylic acids is 2. The third kappa shape index (κ3) is 3.38. The Balaban J connectivity index is 2.81. The molecule has 1 aromatic carbocycles. The zero-order valence-electron chi connectivity index (χ0n) is 9.40. The van der Waals surface area contributed by atoms with Crippen molar-refractivity contribution in [3.05, 3.63) is 29.8 Å². The van der Waals surface area contributed by atoms with Crippen molar-refractivity contribution in [2.75, 3.05) is 0 Å². The van der Waals surface area contributed by atoms with E-state index in [1.165, 1.54) is 6.07 Å². The summed E-state index contributed by atoms with van der Waals surface area (Å²) in [5.74, 6) is -0.523. The van der Waals surface area contributed by atoms with Crippen molar-refractivity contribution in [2.45, 2.75) is 20.3 Å². The van der Waals surface area contributed by atoms with Gasteiger partial charge >= 0.3 is 5.97 Å². The number of para-hydroxylation sites is 1. The van der Waals surface area contributed by atoms with Crippen LogP contribution in [0.1, 0.15) is 30.6 Å². The lowest BCUT2D eigenvalue weighted by Crippen LogP contribution is -2.16. The number of nitrogens with two attached hydrogens (primary N) is 1. The molecule has 1 amide bonds. The first-order valence-electron chi connectivity index (χ1n) is 5.10. The molecule has 0 aliphatic heterocycles. The summed E-state index contributed by atoms with van der Waals surface area (Å²) in [5.41, 5.74) is 5.38. The molecule has 0 radical (unpaired) electrons. The minimum absolute atomic E-state index is 0.216. The molecule has 0 saturated heterocycles. The van der Waals surface area contributed by atoms with Crippen LogP contribution >= 0.6 is 0 Å². The molecule has 1 aromatic rings. The molecule has 4 nitrogen and oxygen atoms in total. The van der Waals surface area contributed by atoms with Gasteiger partial charge < -0.3 is 10.5 Å². The molecule has 2 N–H and O–H groups in total. The molecule has 0 heterocycles. The smallest absolute Gasteiger partial charge is 0.311 e. The number of hydrogen-bond acceptors (Lipinski definition) is 3. The van der Waals surface area contributed by atoms with E-state index < -0.39 is 5.91 Å². The maximum atomic E-state index is 11.4. The minimum atomic E-state index is -0.604. The van der Waals surface area contributed by atoms with E-state index in [-0.39, 0.29) is 23.2 Å². The van der Waals surface area contributed by atoms with Crippen molar-refractivity contribution in [1.82, 2.24) is 0 Å². The van der Waals surface area contributed by atoms with Gasteiger partial charge in [0.1, 0.15) is 5.75 Å². The van der Waals surface area contributed by atoms with Gasteiger partial charge in [-0.3, -0.25) is 9.59 Å². The summed E-state index contributed by atoms with van der Waals surface area (Å²) < 4.78 is 5.08. The van der Waals surface area contributed by atoms with E-state index >= 15 is 0 Å². The first kappa shape index (κ1) is 12.2. The maximum absolute atomic E-state index is 11.4. The second-order valence-corrected chi connectivity index (χ2v) is 3.93. The zero-order chi connectivity index (χ0) is 12.1. The fourth-order valence-electron chi connectivity index (χ4n) is 1.26. The number of hydrogen-bond donors (Lipinski definition) is 1. The summed E-state index contributed by atoms with van der Waals surface area (Å²) in [4.78, 5) is 22.5. The van der Waals surface area contributed by atoms with E-state index in [9.17, 15) is 9.59 Å². The Morgan fingerprint density at radius 2 is 1.94 bits per heavy atom. The highest BCUT2D eigenvalue weighted by molar-refractivity contribution is 5.96. The van der Waals surface area contributed by atoms with Gasteiger partial charge in [-0.05, 0) is 18.1 Å². The van der Waals surface area contributed by atoms with Gasteiger partial charge in [0.25, 0.3) is 5.91 Å². The second-order valence-electron chi connectivity index (χ2n) is 3.93. The molecule has 0 fully saturated rings. The Morgan fingerprint density at radius 3 is 2.50 bits per heavy atom. The summed E-state index contributed by atoms with van der Waals surface area (Å²) in [6.07, 6.45) is 0.313. The average molecular weight is 221 g/mol. The highest BCUT2D eigenvalue weighted by Gasteiger charge is 2.13. The summed E-state index contributed by atoms with van der Waals surface area (Å²) in [7, 11) is 0. The van der Waals surface area contributed by atoms with E-state index in [1.807, 2.05) is 13.8 Å². The van der Waals surface area contributed by atoms with Crippen molar-refractivity contribution in [3.63, 3.8) is 0 Å². The predicted molar refractivity (Wildman–Crippen MR) is 60.0 cm³/mol. The molecule has 0 aromatic heterocycles. The minimum Gasteiger partial charge on any atom is -0.426 e. The number of carbonyl (C=O) groups is 2. The van der Waals surface area contributed by atoms with Crippen LogP contribution in [0.25, 0.3) is 0 Å². The van der Waals surface area contributed by atoms with Crippen molar-refractivity contribution in [3.8, 4) is 5.75 Å². The van der Waals surface area contributed by atoms with Crippen LogP contribution in [0.4, 0.5) is 0 Å². The van der Waals surface area contributed by atoms with Crippen LogP contribution in [0.2, 0.25) is 0 Å². The molecule has 0 spiro atoms. The highest BCUT2D eigenvalue weighted by atomic mass is 16.5. The van der Waals surface area contributed by atoms with Crippen LogP contribution in [0.15, 0.2) is 24.3 Å². The predicted octanol–water partition coefficient (Wildman–Crippen LogP) is 1.74. The van der Waals surface area contributed by atoms with Gasteiger partial charge in [0.15, 0.2) is 0 Å². The Morgan fingerprint density at radius 1 is 1.31 bits per heavy atom. The van der Waals surface area contributed by atoms with Gasteiger partial charge in [0.2, 0.25) is 0 Å². The average Bonchev–Trinajstić information content (AvgIpc) is 2.16. The number of amides is 1. The van der Waals surface area contributed by atoms with Crippen LogP contribution in [0.5, 0.6) is 5.75 Å².